The van der Waals surface area contributed by atoms with E-state index in [4.69, 9.17) is 0 Å². The molecule has 0 aromatic heterocycles. The summed E-state index contributed by atoms with van der Waals surface area (Å²) < 4.78 is 0. The van der Waals surface area contributed by atoms with E-state index >= 15 is 0 Å². The molecule has 0 spiro atoms. The molecular formula is C26H33N5O3. The third-order valence-corrected chi connectivity index (χ3v) is 6.46. The van der Waals surface area contributed by atoms with Crippen LogP contribution in [0.3, 0.4) is 0 Å². The Morgan fingerprint density at radius 2 is 1.41 bits per heavy atom. The lowest BCUT2D eigenvalue weighted by atomic mass is 9.96. The van der Waals surface area contributed by atoms with E-state index in [-0.39, 0.29) is 29.8 Å². The molecule has 0 aliphatic carbocycles. The molecule has 34 heavy (non-hydrogen) atoms. The predicted octanol–water partition coefficient (Wildman–Crippen LogP) is 3.15. The number of carbonyl (C=O) groups is 3. The monoisotopic (exact) mass is 463 g/mol. The molecule has 4 rings (SSSR count). The van der Waals surface area contributed by atoms with Gasteiger partial charge in [-0.05, 0) is 49.9 Å². The van der Waals surface area contributed by atoms with Gasteiger partial charge in [-0.3, -0.25) is 14.5 Å². The molecule has 0 bridgehead atoms. The molecule has 0 radical (unpaired) electrons. The minimum atomic E-state index is -0.190. The maximum Gasteiger partial charge on any atom is 0.321 e. The topological polar surface area (TPSA) is 93.8 Å². The van der Waals surface area contributed by atoms with E-state index in [2.05, 4.69) is 20.9 Å². The molecule has 3 N–H and O–H groups in total. The Morgan fingerprint density at radius 3 is 2.06 bits per heavy atom. The Hall–Kier alpha value is -3.39. The minimum absolute atomic E-state index is 0.0234. The van der Waals surface area contributed by atoms with Crippen molar-refractivity contribution >= 4 is 29.2 Å². The van der Waals surface area contributed by atoms with Crippen molar-refractivity contribution in [1.82, 2.24) is 15.1 Å². The van der Waals surface area contributed by atoms with Gasteiger partial charge in [0.15, 0.2) is 0 Å². The number of rotatable bonds is 6. The number of amides is 4. The molecule has 1 unspecified atom stereocenters. The van der Waals surface area contributed by atoms with Gasteiger partial charge in [-0.25, -0.2) is 4.79 Å². The SMILES string of the molecule is O=C(CN1CCC(NC(=O)C2CCCN(C(=O)Nc3ccccc3)C2)CC1)Nc1ccccc1. The minimum Gasteiger partial charge on any atom is -0.353 e. The van der Waals surface area contributed by atoms with Crippen LogP contribution in [0.5, 0.6) is 0 Å². The summed E-state index contributed by atoms with van der Waals surface area (Å²) in [4.78, 5) is 41.7. The maximum absolute atomic E-state index is 12.9. The van der Waals surface area contributed by atoms with Crippen LogP contribution in [0.25, 0.3) is 0 Å². The standard InChI is InChI=1S/C26H33N5O3/c32-24(27-21-9-3-1-4-10-21)19-30-16-13-23(14-17-30)28-25(33)20-8-7-15-31(18-20)26(34)29-22-11-5-2-6-12-22/h1-6,9-12,20,23H,7-8,13-19H2,(H,27,32)(H,28,33)(H,29,34). The molecule has 180 valence electrons. The van der Waals surface area contributed by atoms with Crippen molar-refractivity contribution in [2.24, 2.45) is 5.92 Å². The second-order valence-corrected chi connectivity index (χ2v) is 9.05. The van der Waals surface area contributed by atoms with Gasteiger partial charge in [-0.2, -0.15) is 0 Å². The van der Waals surface area contributed by atoms with Gasteiger partial charge in [0.25, 0.3) is 0 Å². The fourth-order valence-electron chi connectivity index (χ4n) is 4.58. The van der Waals surface area contributed by atoms with Crippen molar-refractivity contribution in [3.05, 3.63) is 60.7 Å². The molecule has 2 aliphatic heterocycles. The first-order valence-corrected chi connectivity index (χ1v) is 12.1. The Kier molecular flexibility index (Phi) is 8.14. The number of para-hydroxylation sites is 2. The lowest BCUT2D eigenvalue weighted by Gasteiger charge is -2.35. The number of urea groups is 1. The quantitative estimate of drug-likeness (QED) is 0.614. The van der Waals surface area contributed by atoms with Crippen LogP contribution in [-0.4, -0.2) is 66.4 Å². The Balaban J connectivity index is 1.18. The molecule has 2 saturated heterocycles. The fourth-order valence-corrected chi connectivity index (χ4v) is 4.58. The van der Waals surface area contributed by atoms with E-state index in [1.54, 1.807) is 4.90 Å². The lowest BCUT2D eigenvalue weighted by molar-refractivity contribution is -0.127. The first-order valence-electron chi connectivity index (χ1n) is 12.1. The largest absolute Gasteiger partial charge is 0.353 e. The second-order valence-electron chi connectivity index (χ2n) is 9.05. The number of nitrogens with one attached hydrogen (secondary N) is 3. The molecule has 2 fully saturated rings. The van der Waals surface area contributed by atoms with E-state index < -0.39 is 0 Å². The molecule has 2 aromatic rings. The number of hydrogen-bond acceptors (Lipinski definition) is 4. The second kappa shape index (κ2) is 11.7. The van der Waals surface area contributed by atoms with Gasteiger partial charge in [0, 0.05) is 43.6 Å². The fraction of sp³-hybridized carbons (Fsp3) is 0.423. The number of hydrogen-bond donors (Lipinski definition) is 3. The Morgan fingerprint density at radius 1 is 0.794 bits per heavy atom. The Bertz CT molecular complexity index is 961. The normalized spacial score (nSPS) is 19.3. The lowest BCUT2D eigenvalue weighted by Crippen LogP contribution is -2.51. The van der Waals surface area contributed by atoms with Crippen LogP contribution in [0.4, 0.5) is 16.2 Å². The highest BCUT2D eigenvalue weighted by Crippen LogP contribution is 2.19. The third kappa shape index (κ3) is 6.81. The highest BCUT2D eigenvalue weighted by atomic mass is 16.2. The van der Waals surface area contributed by atoms with Gasteiger partial charge < -0.3 is 20.9 Å². The molecular weight excluding hydrogens is 430 g/mol. The maximum atomic E-state index is 12.9. The van der Waals surface area contributed by atoms with Crippen LogP contribution in [0.2, 0.25) is 0 Å². The van der Waals surface area contributed by atoms with Gasteiger partial charge in [0.1, 0.15) is 0 Å². The van der Waals surface area contributed by atoms with Crippen molar-refractivity contribution in [3.63, 3.8) is 0 Å². The number of piperidine rings is 2. The zero-order chi connectivity index (χ0) is 23.8. The van der Waals surface area contributed by atoms with Crippen LogP contribution in [0, 0.1) is 5.92 Å². The summed E-state index contributed by atoms with van der Waals surface area (Å²) in [7, 11) is 0. The van der Waals surface area contributed by atoms with Crippen LogP contribution < -0.4 is 16.0 Å². The predicted molar refractivity (Wildman–Crippen MR) is 132 cm³/mol. The average molecular weight is 464 g/mol. The van der Waals surface area contributed by atoms with Gasteiger partial charge in [0.2, 0.25) is 11.8 Å². The Labute approximate surface area is 200 Å². The number of nitrogens with zero attached hydrogens (tertiary/aromatic N) is 2. The molecule has 8 nitrogen and oxygen atoms in total. The van der Waals surface area contributed by atoms with Gasteiger partial charge in [-0.1, -0.05) is 36.4 Å². The van der Waals surface area contributed by atoms with E-state index in [0.29, 0.717) is 19.6 Å². The highest BCUT2D eigenvalue weighted by Gasteiger charge is 2.30. The van der Waals surface area contributed by atoms with Gasteiger partial charge in [-0.15, -0.1) is 0 Å². The molecule has 4 amide bonds. The summed E-state index contributed by atoms with van der Waals surface area (Å²) in [6.45, 7) is 2.98. The first kappa shape index (κ1) is 23.8. The summed E-state index contributed by atoms with van der Waals surface area (Å²) in [6, 6.07) is 18.8. The molecule has 8 heteroatoms. The summed E-state index contributed by atoms with van der Waals surface area (Å²) in [5, 5.41) is 9.01. The van der Waals surface area contributed by atoms with Crippen molar-refractivity contribution < 1.29 is 14.4 Å². The van der Waals surface area contributed by atoms with E-state index in [1.165, 1.54) is 0 Å². The molecule has 0 saturated carbocycles. The number of likely N-dealkylation sites (tertiary alicyclic amines) is 2. The van der Waals surface area contributed by atoms with E-state index in [1.807, 2.05) is 60.7 Å². The zero-order valence-electron chi connectivity index (χ0n) is 19.4. The summed E-state index contributed by atoms with van der Waals surface area (Å²) in [6.07, 6.45) is 3.24. The zero-order valence-corrected chi connectivity index (χ0v) is 19.4. The third-order valence-electron chi connectivity index (χ3n) is 6.46. The molecule has 2 aromatic carbocycles. The number of anilines is 2. The molecule has 1 atom stereocenters. The van der Waals surface area contributed by atoms with Crippen molar-refractivity contribution in [2.75, 3.05) is 43.4 Å². The first-order chi connectivity index (χ1) is 16.6. The number of benzene rings is 2. The van der Waals surface area contributed by atoms with E-state index in [0.717, 1.165) is 50.1 Å². The highest BCUT2D eigenvalue weighted by molar-refractivity contribution is 5.92. The summed E-state index contributed by atoms with van der Waals surface area (Å²) in [5.74, 6) is -0.188. The summed E-state index contributed by atoms with van der Waals surface area (Å²) in [5.41, 5.74) is 1.55. The van der Waals surface area contributed by atoms with E-state index in [9.17, 15) is 14.4 Å². The van der Waals surface area contributed by atoms with Crippen LogP contribution in [0.1, 0.15) is 25.7 Å². The van der Waals surface area contributed by atoms with Crippen molar-refractivity contribution in [3.8, 4) is 0 Å². The molecule has 2 heterocycles. The van der Waals surface area contributed by atoms with Crippen LogP contribution in [0.15, 0.2) is 60.7 Å². The van der Waals surface area contributed by atoms with Crippen molar-refractivity contribution in [1.29, 1.82) is 0 Å². The summed E-state index contributed by atoms with van der Waals surface area (Å²) >= 11 is 0. The van der Waals surface area contributed by atoms with Gasteiger partial charge in [0.05, 0.1) is 12.5 Å². The average Bonchev–Trinajstić information content (AvgIpc) is 2.86. The molecule has 2 aliphatic rings. The number of carbonyl (C=O) groups excluding carboxylic acids is 3. The van der Waals surface area contributed by atoms with Gasteiger partial charge >= 0.3 is 6.03 Å². The van der Waals surface area contributed by atoms with Crippen LogP contribution in [-0.2, 0) is 9.59 Å². The van der Waals surface area contributed by atoms with Crippen molar-refractivity contribution in [2.45, 2.75) is 31.7 Å². The van der Waals surface area contributed by atoms with Crippen LogP contribution >= 0.6 is 0 Å². The smallest absolute Gasteiger partial charge is 0.321 e.